The fraction of sp³-hybridized carbons (Fsp3) is 0.519. The van der Waals surface area contributed by atoms with Crippen LogP contribution in [0.1, 0.15) is 57.3 Å². The number of amides is 2. The SMILES string of the molecule is CC[C@@]12C=C(C(=O)NCC(=O)N[C@H](C(=O)O)C(C)C)n3c4c(c5ccccc53)CCN(CCC1)[C@H]42. The quantitative estimate of drug-likeness (QED) is 0.568. The van der Waals surface area contributed by atoms with E-state index >= 15 is 0 Å². The minimum Gasteiger partial charge on any atom is -0.480 e. The Morgan fingerprint density at radius 1 is 1.20 bits per heavy atom. The number of carboxylic acids is 1. The summed E-state index contributed by atoms with van der Waals surface area (Å²) in [6.45, 7) is 7.50. The molecule has 3 aliphatic rings. The van der Waals surface area contributed by atoms with Crippen LogP contribution in [-0.4, -0.2) is 58.0 Å². The number of hydrogen-bond donors (Lipinski definition) is 3. The van der Waals surface area contributed by atoms with Crippen molar-refractivity contribution in [3.8, 4) is 0 Å². The van der Waals surface area contributed by atoms with Crippen molar-refractivity contribution >= 4 is 34.4 Å². The Morgan fingerprint density at radius 2 is 1.97 bits per heavy atom. The minimum absolute atomic E-state index is 0.126. The maximum absolute atomic E-state index is 13.6. The highest BCUT2D eigenvalue weighted by Crippen LogP contribution is 2.56. The Morgan fingerprint density at radius 3 is 2.69 bits per heavy atom. The van der Waals surface area contributed by atoms with Crippen molar-refractivity contribution in [3.63, 3.8) is 0 Å². The number of para-hydroxylation sites is 1. The van der Waals surface area contributed by atoms with E-state index < -0.39 is 17.9 Å². The van der Waals surface area contributed by atoms with Gasteiger partial charge in [0.25, 0.3) is 5.91 Å². The Hall–Kier alpha value is -3.13. The van der Waals surface area contributed by atoms with Gasteiger partial charge in [0.15, 0.2) is 0 Å². The van der Waals surface area contributed by atoms with Crippen molar-refractivity contribution in [3.05, 3.63) is 41.6 Å². The summed E-state index contributed by atoms with van der Waals surface area (Å²) < 4.78 is 2.11. The van der Waals surface area contributed by atoms with Crippen molar-refractivity contribution < 1.29 is 19.5 Å². The van der Waals surface area contributed by atoms with Crippen LogP contribution in [-0.2, 0) is 20.8 Å². The highest BCUT2D eigenvalue weighted by Gasteiger charge is 2.51. The third-order valence-corrected chi connectivity index (χ3v) is 8.14. The molecule has 1 aromatic heterocycles. The van der Waals surface area contributed by atoms with Gasteiger partial charge in [0.05, 0.1) is 18.1 Å². The number of piperidine rings is 1. The number of carbonyl (C=O) groups excluding carboxylic acids is 2. The zero-order valence-corrected chi connectivity index (χ0v) is 20.6. The second-order valence-corrected chi connectivity index (χ2v) is 10.4. The highest BCUT2D eigenvalue weighted by molar-refractivity contribution is 6.17. The van der Waals surface area contributed by atoms with Crippen LogP contribution in [0.2, 0.25) is 0 Å². The Bertz CT molecular complexity index is 1230. The number of fused-ring (bicyclic) bond motifs is 3. The largest absolute Gasteiger partial charge is 0.480 e. The summed E-state index contributed by atoms with van der Waals surface area (Å²) in [5.41, 5.74) is 4.02. The van der Waals surface area contributed by atoms with Crippen LogP contribution in [0.15, 0.2) is 30.3 Å². The van der Waals surface area contributed by atoms with E-state index in [4.69, 9.17) is 0 Å². The van der Waals surface area contributed by atoms with Crippen molar-refractivity contribution in [2.24, 2.45) is 11.3 Å². The molecule has 2 aromatic rings. The van der Waals surface area contributed by atoms with E-state index in [0.717, 1.165) is 44.3 Å². The minimum atomic E-state index is -1.09. The monoisotopic (exact) mass is 478 g/mol. The molecule has 1 fully saturated rings. The number of benzene rings is 1. The van der Waals surface area contributed by atoms with Gasteiger partial charge in [-0.15, -0.1) is 0 Å². The fourth-order valence-electron chi connectivity index (χ4n) is 6.43. The van der Waals surface area contributed by atoms with E-state index in [0.29, 0.717) is 5.70 Å². The van der Waals surface area contributed by atoms with Crippen molar-refractivity contribution in [1.29, 1.82) is 0 Å². The Kier molecular flexibility index (Phi) is 5.95. The van der Waals surface area contributed by atoms with Crippen molar-refractivity contribution in [2.75, 3.05) is 19.6 Å². The molecule has 1 aromatic carbocycles. The molecule has 0 spiro atoms. The molecule has 0 bridgehead atoms. The van der Waals surface area contributed by atoms with E-state index in [1.54, 1.807) is 13.8 Å². The van der Waals surface area contributed by atoms with Gasteiger partial charge in [0, 0.05) is 23.0 Å². The number of hydrogen-bond acceptors (Lipinski definition) is 4. The van der Waals surface area contributed by atoms with Gasteiger partial charge in [-0.1, -0.05) is 39.0 Å². The Labute approximate surface area is 205 Å². The first-order valence-electron chi connectivity index (χ1n) is 12.7. The maximum atomic E-state index is 13.6. The number of nitrogens with one attached hydrogen (secondary N) is 2. The molecule has 0 radical (unpaired) electrons. The predicted molar refractivity (Wildman–Crippen MR) is 134 cm³/mol. The molecule has 8 nitrogen and oxygen atoms in total. The van der Waals surface area contributed by atoms with Crippen LogP contribution in [0, 0.1) is 11.3 Å². The average molecular weight is 479 g/mol. The topological polar surface area (TPSA) is 104 Å². The number of aliphatic carboxylic acids is 1. The molecule has 3 atom stereocenters. The van der Waals surface area contributed by atoms with Crippen LogP contribution < -0.4 is 10.6 Å². The lowest BCUT2D eigenvalue weighted by atomic mass is 9.66. The van der Waals surface area contributed by atoms with Crippen LogP contribution in [0.25, 0.3) is 16.6 Å². The summed E-state index contributed by atoms with van der Waals surface area (Å²) in [7, 11) is 0. The summed E-state index contributed by atoms with van der Waals surface area (Å²) in [5.74, 6) is -2.17. The van der Waals surface area contributed by atoms with Crippen LogP contribution in [0.3, 0.4) is 0 Å². The van der Waals surface area contributed by atoms with Crippen molar-refractivity contribution in [1.82, 2.24) is 20.1 Å². The molecule has 8 heteroatoms. The van der Waals surface area contributed by atoms with Gasteiger partial charge < -0.3 is 20.3 Å². The Balaban J connectivity index is 1.50. The van der Waals surface area contributed by atoms with Gasteiger partial charge in [-0.25, -0.2) is 4.79 Å². The second kappa shape index (κ2) is 8.82. The molecule has 0 saturated carbocycles. The molecule has 0 unspecified atom stereocenters. The first-order chi connectivity index (χ1) is 16.8. The predicted octanol–water partition coefficient (Wildman–Crippen LogP) is 2.93. The normalized spacial score (nSPS) is 24.0. The molecule has 2 amide bonds. The van der Waals surface area contributed by atoms with Gasteiger partial charge in [-0.05, 0) is 55.9 Å². The zero-order valence-electron chi connectivity index (χ0n) is 20.6. The molecule has 3 aliphatic heterocycles. The van der Waals surface area contributed by atoms with E-state index in [9.17, 15) is 19.5 Å². The van der Waals surface area contributed by atoms with Gasteiger partial charge in [-0.3, -0.25) is 14.5 Å². The molecule has 35 heavy (non-hydrogen) atoms. The molecular weight excluding hydrogens is 444 g/mol. The number of aromatic nitrogens is 1. The molecule has 4 heterocycles. The molecule has 1 saturated heterocycles. The van der Waals surface area contributed by atoms with Gasteiger partial charge in [0.2, 0.25) is 5.91 Å². The molecule has 5 rings (SSSR count). The smallest absolute Gasteiger partial charge is 0.326 e. The van der Waals surface area contributed by atoms with Crippen LogP contribution >= 0.6 is 0 Å². The molecule has 186 valence electrons. The maximum Gasteiger partial charge on any atom is 0.326 e. The molecule has 0 aliphatic carbocycles. The first-order valence-corrected chi connectivity index (χ1v) is 12.7. The number of carbonyl (C=O) groups is 3. The van der Waals surface area contributed by atoms with Crippen molar-refractivity contribution in [2.45, 2.75) is 58.5 Å². The summed E-state index contributed by atoms with van der Waals surface area (Å²) in [6, 6.07) is 7.51. The first kappa shape index (κ1) is 23.6. The number of carboxylic acid groups (broad SMARTS) is 1. The lowest BCUT2D eigenvalue weighted by molar-refractivity contribution is -0.143. The molecule has 3 N–H and O–H groups in total. The summed E-state index contributed by atoms with van der Waals surface area (Å²) in [5, 5.41) is 15.8. The summed E-state index contributed by atoms with van der Waals surface area (Å²) >= 11 is 0. The number of nitrogens with zero attached hydrogens (tertiary/aromatic N) is 2. The highest BCUT2D eigenvalue weighted by atomic mass is 16.4. The van der Waals surface area contributed by atoms with E-state index in [1.807, 2.05) is 12.1 Å². The lowest BCUT2D eigenvalue weighted by Gasteiger charge is -2.53. The lowest BCUT2D eigenvalue weighted by Crippen LogP contribution is -2.52. The van der Waals surface area contributed by atoms with Crippen LogP contribution in [0.4, 0.5) is 0 Å². The van der Waals surface area contributed by atoms with Crippen LogP contribution in [0.5, 0.6) is 0 Å². The molecular formula is C27H34N4O4. The third-order valence-electron chi connectivity index (χ3n) is 8.14. The van der Waals surface area contributed by atoms with E-state index in [2.05, 4.69) is 45.2 Å². The zero-order chi connectivity index (χ0) is 24.9. The van der Waals surface area contributed by atoms with E-state index in [-0.39, 0.29) is 29.8 Å². The van der Waals surface area contributed by atoms with Gasteiger partial charge in [0.1, 0.15) is 11.7 Å². The van der Waals surface area contributed by atoms with Gasteiger partial charge in [-0.2, -0.15) is 0 Å². The summed E-state index contributed by atoms with van der Waals surface area (Å²) in [6.07, 6.45) is 6.17. The second-order valence-electron chi connectivity index (χ2n) is 10.4. The summed E-state index contributed by atoms with van der Waals surface area (Å²) in [4.78, 5) is 40.1. The third kappa shape index (κ3) is 3.75. The fourth-order valence-corrected chi connectivity index (χ4v) is 6.43. The number of rotatable bonds is 7. The van der Waals surface area contributed by atoms with E-state index in [1.165, 1.54) is 16.6 Å². The standard InChI is InChI=1S/C27H34N4O4/c1-4-27-11-7-12-30-13-10-18-17-8-5-6-9-19(17)31(23(18)24(27)30)20(14-27)25(33)28-15-21(32)29-22(16(2)3)26(34)35/h5-6,8-9,14,16,22,24H,4,7,10-13,15H2,1-3H3,(H,28,33)(H,29,32)(H,34,35)/t22-,24+,27-/m0/s1. The van der Waals surface area contributed by atoms with Gasteiger partial charge >= 0.3 is 5.97 Å². The average Bonchev–Trinajstić information content (AvgIpc) is 3.19.